The van der Waals surface area contributed by atoms with Crippen molar-refractivity contribution in [2.24, 2.45) is 0 Å². The van der Waals surface area contributed by atoms with Gasteiger partial charge < -0.3 is 9.47 Å². The fraction of sp³-hybridized carbons (Fsp3) is 0.103. The van der Waals surface area contributed by atoms with Gasteiger partial charge in [-0.15, -0.1) is 0 Å². The highest BCUT2D eigenvalue weighted by molar-refractivity contribution is 7.22. The van der Waals surface area contributed by atoms with E-state index in [4.69, 9.17) is 14.5 Å². The van der Waals surface area contributed by atoms with E-state index < -0.39 is 0 Å². The molecule has 0 bridgehead atoms. The lowest BCUT2D eigenvalue weighted by Crippen LogP contribution is -2.30. The van der Waals surface area contributed by atoms with Gasteiger partial charge in [-0.2, -0.15) is 0 Å². The van der Waals surface area contributed by atoms with Crippen LogP contribution >= 0.6 is 11.3 Å². The van der Waals surface area contributed by atoms with Gasteiger partial charge in [-0.1, -0.05) is 59.9 Å². The predicted molar refractivity (Wildman–Crippen MR) is 144 cm³/mol. The fourth-order valence-electron chi connectivity index (χ4n) is 3.95. The number of benzene rings is 3. The van der Waals surface area contributed by atoms with Crippen molar-refractivity contribution >= 4 is 38.4 Å². The van der Waals surface area contributed by atoms with Crippen LogP contribution in [0.15, 0.2) is 91.1 Å². The second-order valence-electron chi connectivity index (χ2n) is 8.13. The van der Waals surface area contributed by atoms with Crippen molar-refractivity contribution in [1.82, 2.24) is 9.97 Å². The van der Waals surface area contributed by atoms with Gasteiger partial charge in [0.15, 0.2) is 10.9 Å². The van der Waals surface area contributed by atoms with Gasteiger partial charge in [-0.05, 0) is 36.4 Å². The second kappa shape index (κ2) is 10.6. The molecule has 0 atom stereocenters. The van der Waals surface area contributed by atoms with Crippen LogP contribution in [0.5, 0.6) is 11.5 Å². The molecule has 0 aliphatic rings. The molecule has 184 valence electrons. The summed E-state index contributed by atoms with van der Waals surface area (Å²) in [6, 6.07) is 24.9. The molecule has 0 fully saturated rings. The van der Waals surface area contributed by atoms with Gasteiger partial charge in [0.25, 0.3) is 5.91 Å². The second-order valence-corrected chi connectivity index (χ2v) is 9.11. The van der Waals surface area contributed by atoms with Crippen molar-refractivity contribution in [2.45, 2.75) is 6.54 Å². The first-order chi connectivity index (χ1) is 18.1. The van der Waals surface area contributed by atoms with Crippen molar-refractivity contribution < 1.29 is 19.1 Å². The molecule has 1 amide bonds. The number of pyridine rings is 1. The summed E-state index contributed by atoms with van der Waals surface area (Å²) in [5.41, 5.74) is 2.86. The number of hydrogen-bond donors (Lipinski definition) is 0. The number of amides is 1. The Morgan fingerprint density at radius 2 is 1.43 bits per heavy atom. The van der Waals surface area contributed by atoms with Crippen LogP contribution in [-0.4, -0.2) is 35.9 Å². The highest BCUT2D eigenvalue weighted by Crippen LogP contribution is 2.40. The molecule has 0 N–H and O–H groups in total. The van der Waals surface area contributed by atoms with Crippen LogP contribution in [0.3, 0.4) is 0 Å². The van der Waals surface area contributed by atoms with Gasteiger partial charge in [0.05, 0.1) is 26.5 Å². The summed E-state index contributed by atoms with van der Waals surface area (Å²) in [5.74, 6) is 0.873. The number of rotatable bonds is 8. The maximum Gasteiger partial charge on any atom is 0.260 e. The van der Waals surface area contributed by atoms with Crippen molar-refractivity contribution in [3.63, 3.8) is 0 Å². The van der Waals surface area contributed by atoms with Crippen molar-refractivity contribution in [3.05, 3.63) is 114 Å². The number of thiazole rings is 1. The van der Waals surface area contributed by atoms with Crippen LogP contribution < -0.4 is 14.4 Å². The van der Waals surface area contributed by atoms with Crippen LogP contribution in [0, 0.1) is 0 Å². The SMILES string of the molecule is COc1ccc(OC)c2sc(N(Cc3ccccn3)C(=O)c3ccc(C(=O)c4ccccc4)cc3)nc12. The number of methoxy groups -OCH3 is 2. The number of ketones is 1. The van der Waals surface area contributed by atoms with Gasteiger partial charge in [0.1, 0.15) is 21.7 Å². The first-order valence-corrected chi connectivity index (χ1v) is 12.3. The van der Waals surface area contributed by atoms with E-state index in [1.54, 1.807) is 67.8 Å². The number of carbonyl (C=O) groups is 2. The molecule has 0 saturated heterocycles. The van der Waals surface area contributed by atoms with Gasteiger partial charge >= 0.3 is 0 Å². The Kier molecular flexibility index (Phi) is 6.91. The molecule has 2 heterocycles. The molecule has 0 aliphatic carbocycles. The Morgan fingerprint density at radius 1 is 0.784 bits per heavy atom. The fourth-order valence-corrected chi connectivity index (χ4v) is 5.02. The third kappa shape index (κ3) is 4.92. The molecule has 37 heavy (non-hydrogen) atoms. The van der Waals surface area contributed by atoms with Gasteiger partial charge in [-0.25, -0.2) is 4.98 Å². The molecule has 0 radical (unpaired) electrons. The lowest BCUT2D eigenvalue weighted by Gasteiger charge is -2.19. The van der Waals surface area contributed by atoms with Crippen LogP contribution in [0.1, 0.15) is 32.0 Å². The molecular weight excluding hydrogens is 486 g/mol. The molecule has 3 aromatic carbocycles. The van der Waals surface area contributed by atoms with E-state index in [9.17, 15) is 9.59 Å². The first-order valence-electron chi connectivity index (χ1n) is 11.5. The number of fused-ring (bicyclic) bond motifs is 1. The molecule has 0 aliphatic heterocycles. The molecule has 5 aromatic rings. The summed E-state index contributed by atoms with van der Waals surface area (Å²) >= 11 is 1.34. The number of hydrogen-bond acceptors (Lipinski definition) is 7. The minimum Gasteiger partial charge on any atom is -0.495 e. The van der Waals surface area contributed by atoms with Gasteiger partial charge in [-0.3, -0.25) is 19.5 Å². The van der Waals surface area contributed by atoms with Crippen LogP contribution in [-0.2, 0) is 6.54 Å². The number of ether oxygens (including phenoxy) is 2. The van der Waals surface area contributed by atoms with Crippen molar-refractivity contribution in [1.29, 1.82) is 0 Å². The van der Waals surface area contributed by atoms with E-state index >= 15 is 0 Å². The topological polar surface area (TPSA) is 81.6 Å². The summed E-state index contributed by atoms with van der Waals surface area (Å²) in [6.07, 6.45) is 1.69. The van der Waals surface area contributed by atoms with Crippen LogP contribution in [0.4, 0.5) is 5.13 Å². The monoisotopic (exact) mass is 509 g/mol. The lowest BCUT2D eigenvalue weighted by atomic mass is 10.0. The molecule has 7 nitrogen and oxygen atoms in total. The smallest absolute Gasteiger partial charge is 0.260 e. The number of aromatic nitrogens is 2. The summed E-state index contributed by atoms with van der Waals surface area (Å²) in [5, 5.41) is 0.484. The Bertz CT molecular complexity index is 1510. The predicted octanol–water partition coefficient (Wildman–Crippen LogP) is 5.79. The quantitative estimate of drug-likeness (QED) is 0.247. The van der Waals surface area contributed by atoms with Gasteiger partial charge in [0.2, 0.25) is 0 Å². The van der Waals surface area contributed by atoms with Crippen molar-refractivity contribution in [3.8, 4) is 11.5 Å². The highest BCUT2D eigenvalue weighted by atomic mass is 32.1. The standard InChI is InChI=1S/C29H23N3O4S/c1-35-23-15-16-24(36-2)27-25(23)31-29(37-27)32(18-22-10-6-7-17-30-22)28(34)21-13-11-20(12-14-21)26(33)19-8-4-3-5-9-19/h3-17H,18H2,1-2H3. The summed E-state index contributed by atoms with van der Waals surface area (Å²) in [6.45, 7) is 0.217. The van der Waals surface area contributed by atoms with E-state index in [0.29, 0.717) is 44.5 Å². The van der Waals surface area contributed by atoms with Crippen LogP contribution in [0.25, 0.3) is 10.2 Å². The zero-order valence-corrected chi connectivity index (χ0v) is 21.1. The lowest BCUT2D eigenvalue weighted by molar-refractivity contribution is 0.0982. The van der Waals surface area contributed by atoms with E-state index in [0.717, 1.165) is 4.70 Å². The Morgan fingerprint density at radius 3 is 2.11 bits per heavy atom. The Hall–Kier alpha value is -4.56. The number of nitrogens with zero attached hydrogens (tertiary/aromatic N) is 3. The Labute approximate surface area is 217 Å². The largest absolute Gasteiger partial charge is 0.495 e. The van der Waals surface area contributed by atoms with Crippen molar-refractivity contribution in [2.75, 3.05) is 19.1 Å². The summed E-state index contributed by atoms with van der Waals surface area (Å²) < 4.78 is 11.8. The average molecular weight is 510 g/mol. The zero-order chi connectivity index (χ0) is 25.8. The molecule has 0 unspecified atom stereocenters. The third-order valence-electron chi connectivity index (χ3n) is 5.85. The molecule has 0 spiro atoms. The number of anilines is 1. The molecule has 0 saturated carbocycles. The minimum atomic E-state index is -0.263. The highest BCUT2D eigenvalue weighted by Gasteiger charge is 2.25. The third-order valence-corrected chi connectivity index (χ3v) is 6.94. The molecule has 8 heteroatoms. The summed E-state index contributed by atoms with van der Waals surface area (Å²) in [7, 11) is 3.17. The zero-order valence-electron chi connectivity index (χ0n) is 20.3. The van der Waals surface area contributed by atoms with Crippen LogP contribution in [0.2, 0.25) is 0 Å². The maximum absolute atomic E-state index is 13.8. The summed E-state index contributed by atoms with van der Waals surface area (Å²) in [4.78, 5) is 37.4. The van der Waals surface area contributed by atoms with E-state index in [1.807, 2.05) is 42.5 Å². The molecular formula is C29H23N3O4S. The number of carbonyl (C=O) groups excluding carboxylic acids is 2. The van der Waals surface area contributed by atoms with Gasteiger partial charge in [0, 0.05) is 22.9 Å². The normalized spacial score (nSPS) is 10.8. The average Bonchev–Trinajstić information content (AvgIpc) is 3.41. The molecule has 5 rings (SSSR count). The minimum absolute atomic E-state index is 0.102. The van der Waals surface area contributed by atoms with E-state index in [1.165, 1.54) is 11.3 Å². The van der Waals surface area contributed by atoms with E-state index in [-0.39, 0.29) is 18.2 Å². The van der Waals surface area contributed by atoms with E-state index in [2.05, 4.69) is 4.98 Å². The maximum atomic E-state index is 13.8. The molecule has 2 aromatic heterocycles. The Balaban J connectivity index is 1.52. The first kappa shape index (κ1) is 24.1.